The van der Waals surface area contributed by atoms with Gasteiger partial charge in [-0.1, -0.05) is 25.0 Å². The van der Waals surface area contributed by atoms with Crippen molar-refractivity contribution in [3.05, 3.63) is 39.9 Å². The molecule has 2 rings (SSSR count). The normalized spacial score (nSPS) is 18.9. The minimum Gasteiger partial charge on any atom is -0.480 e. The number of amides is 1. The van der Waals surface area contributed by atoms with Crippen LogP contribution in [0.4, 0.5) is 5.69 Å². The van der Waals surface area contributed by atoms with Crippen LogP contribution in [0.15, 0.2) is 24.3 Å². The lowest BCUT2D eigenvalue weighted by Crippen LogP contribution is -2.44. The molecule has 0 aliphatic carbocycles. The number of benzene rings is 1. The SMILES string of the molecule is O=C(O)C1CCCCCN1C(=O)c1ccccc1[N+](=O)[O-]. The van der Waals surface area contributed by atoms with Gasteiger partial charge < -0.3 is 10.0 Å². The Labute approximate surface area is 121 Å². The molecule has 1 amide bonds. The van der Waals surface area contributed by atoms with Gasteiger partial charge in [0.2, 0.25) is 0 Å². The summed E-state index contributed by atoms with van der Waals surface area (Å²) < 4.78 is 0. The van der Waals surface area contributed by atoms with Crippen LogP contribution in [-0.4, -0.2) is 39.4 Å². The second-order valence-electron chi connectivity index (χ2n) is 4.98. The molecule has 0 aromatic heterocycles. The van der Waals surface area contributed by atoms with Crippen molar-refractivity contribution >= 4 is 17.6 Å². The highest BCUT2D eigenvalue weighted by Gasteiger charge is 2.33. The lowest BCUT2D eigenvalue weighted by atomic mass is 10.1. The maximum atomic E-state index is 12.6. The summed E-state index contributed by atoms with van der Waals surface area (Å²) in [5.74, 6) is -1.65. The molecule has 7 heteroatoms. The molecule has 0 saturated carbocycles. The first-order valence-electron chi connectivity index (χ1n) is 6.79. The largest absolute Gasteiger partial charge is 0.480 e. The minimum absolute atomic E-state index is 0.0596. The molecule has 1 aliphatic rings. The number of likely N-dealkylation sites (tertiary alicyclic amines) is 1. The number of hydrogen-bond acceptors (Lipinski definition) is 4. The van der Waals surface area contributed by atoms with Crippen LogP contribution in [0.3, 0.4) is 0 Å². The Morgan fingerprint density at radius 2 is 1.95 bits per heavy atom. The molecule has 1 atom stereocenters. The van der Waals surface area contributed by atoms with Crippen molar-refractivity contribution in [2.75, 3.05) is 6.54 Å². The van der Waals surface area contributed by atoms with Crippen molar-refractivity contribution in [1.82, 2.24) is 4.90 Å². The van der Waals surface area contributed by atoms with Crippen LogP contribution in [0, 0.1) is 10.1 Å². The summed E-state index contributed by atoms with van der Waals surface area (Å²) in [5, 5.41) is 20.3. The van der Waals surface area contributed by atoms with Gasteiger partial charge in [-0.3, -0.25) is 14.9 Å². The van der Waals surface area contributed by atoms with Crippen LogP contribution in [-0.2, 0) is 4.79 Å². The van der Waals surface area contributed by atoms with E-state index in [0.29, 0.717) is 19.4 Å². The molecule has 1 aromatic carbocycles. The summed E-state index contributed by atoms with van der Waals surface area (Å²) in [5.41, 5.74) is -0.355. The van der Waals surface area contributed by atoms with Gasteiger partial charge in [-0.2, -0.15) is 0 Å². The van der Waals surface area contributed by atoms with Gasteiger partial charge in [-0.25, -0.2) is 4.79 Å². The molecule has 1 fully saturated rings. The van der Waals surface area contributed by atoms with E-state index in [-0.39, 0.29) is 11.3 Å². The van der Waals surface area contributed by atoms with E-state index in [0.717, 1.165) is 12.8 Å². The van der Waals surface area contributed by atoms with Gasteiger partial charge in [-0.05, 0) is 18.9 Å². The molecule has 21 heavy (non-hydrogen) atoms. The van der Waals surface area contributed by atoms with Crippen molar-refractivity contribution < 1.29 is 19.6 Å². The van der Waals surface area contributed by atoms with Crippen LogP contribution >= 0.6 is 0 Å². The highest BCUT2D eigenvalue weighted by Crippen LogP contribution is 2.24. The zero-order valence-corrected chi connectivity index (χ0v) is 11.4. The third-order valence-electron chi connectivity index (χ3n) is 3.63. The van der Waals surface area contributed by atoms with Gasteiger partial charge in [0.25, 0.3) is 11.6 Å². The van der Waals surface area contributed by atoms with E-state index in [9.17, 15) is 24.8 Å². The van der Waals surface area contributed by atoms with E-state index in [2.05, 4.69) is 0 Å². The molecular formula is C14H16N2O5. The van der Waals surface area contributed by atoms with E-state index in [4.69, 9.17) is 0 Å². The number of nitrogens with zero attached hydrogens (tertiary/aromatic N) is 2. The number of nitro groups is 1. The number of para-hydroxylation sites is 1. The highest BCUT2D eigenvalue weighted by molar-refractivity contribution is 6.00. The van der Waals surface area contributed by atoms with E-state index >= 15 is 0 Å². The number of rotatable bonds is 3. The van der Waals surface area contributed by atoms with E-state index in [1.807, 2.05) is 0 Å². The first-order chi connectivity index (χ1) is 10.0. The maximum Gasteiger partial charge on any atom is 0.326 e. The van der Waals surface area contributed by atoms with Crippen LogP contribution in [0.1, 0.15) is 36.0 Å². The standard InChI is InChI=1S/C14H16N2O5/c17-13(10-6-3-4-7-11(10)16(20)21)15-9-5-1-2-8-12(15)14(18)19/h3-4,6-7,12H,1-2,5,8-9H2,(H,18,19). The van der Waals surface area contributed by atoms with Crippen molar-refractivity contribution in [2.45, 2.75) is 31.7 Å². The zero-order chi connectivity index (χ0) is 15.4. The van der Waals surface area contributed by atoms with E-state index in [1.165, 1.54) is 29.2 Å². The molecule has 1 N–H and O–H groups in total. The summed E-state index contributed by atoms with van der Waals surface area (Å²) >= 11 is 0. The van der Waals surface area contributed by atoms with Crippen LogP contribution in [0.5, 0.6) is 0 Å². The third-order valence-corrected chi connectivity index (χ3v) is 3.63. The molecule has 1 heterocycles. The average molecular weight is 292 g/mol. The first-order valence-corrected chi connectivity index (χ1v) is 6.79. The lowest BCUT2D eigenvalue weighted by Gasteiger charge is -2.26. The number of carboxylic acid groups (broad SMARTS) is 1. The molecule has 0 bridgehead atoms. The van der Waals surface area contributed by atoms with Crippen molar-refractivity contribution in [2.24, 2.45) is 0 Å². The zero-order valence-electron chi connectivity index (χ0n) is 11.4. The summed E-state index contributed by atoms with van der Waals surface area (Å²) in [4.78, 5) is 35.5. The molecule has 1 saturated heterocycles. The monoisotopic (exact) mass is 292 g/mol. The number of nitro benzene ring substituents is 1. The predicted molar refractivity (Wildman–Crippen MR) is 74.0 cm³/mol. The van der Waals surface area contributed by atoms with E-state index in [1.54, 1.807) is 0 Å². The molecule has 1 unspecified atom stereocenters. The maximum absolute atomic E-state index is 12.6. The Morgan fingerprint density at radius 1 is 1.24 bits per heavy atom. The van der Waals surface area contributed by atoms with Gasteiger partial charge in [0.1, 0.15) is 11.6 Å². The van der Waals surface area contributed by atoms with Gasteiger partial charge in [0, 0.05) is 12.6 Å². The fraction of sp³-hybridized carbons (Fsp3) is 0.429. The van der Waals surface area contributed by atoms with Crippen molar-refractivity contribution in [1.29, 1.82) is 0 Å². The number of carbonyl (C=O) groups excluding carboxylic acids is 1. The molecule has 112 valence electrons. The van der Waals surface area contributed by atoms with Gasteiger partial charge in [0.15, 0.2) is 0 Å². The fourth-order valence-corrected chi connectivity index (χ4v) is 2.58. The lowest BCUT2D eigenvalue weighted by molar-refractivity contribution is -0.385. The van der Waals surface area contributed by atoms with Crippen LogP contribution in [0.25, 0.3) is 0 Å². The Kier molecular flexibility index (Phi) is 4.52. The first kappa shape index (κ1) is 15.0. The van der Waals surface area contributed by atoms with Gasteiger partial charge in [0.05, 0.1) is 4.92 Å². The number of aliphatic carboxylic acids is 1. The molecular weight excluding hydrogens is 276 g/mol. The second kappa shape index (κ2) is 6.34. The third kappa shape index (κ3) is 3.18. The quantitative estimate of drug-likeness (QED) is 0.678. The predicted octanol–water partition coefficient (Wildman–Crippen LogP) is 2.06. The topological polar surface area (TPSA) is 101 Å². The highest BCUT2D eigenvalue weighted by atomic mass is 16.6. The number of carbonyl (C=O) groups is 2. The Morgan fingerprint density at radius 3 is 2.62 bits per heavy atom. The Balaban J connectivity index is 2.37. The van der Waals surface area contributed by atoms with E-state index < -0.39 is 22.8 Å². The fourth-order valence-electron chi connectivity index (χ4n) is 2.58. The summed E-state index contributed by atoms with van der Waals surface area (Å²) in [6, 6.07) is 4.71. The number of hydrogen-bond donors (Lipinski definition) is 1. The van der Waals surface area contributed by atoms with Gasteiger partial charge >= 0.3 is 5.97 Å². The number of carboxylic acids is 1. The smallest absolute Gasteiger partial charge is 0.326 e. The Hall–Kier alpha value is -2.44. The molecule has 1 aliphatic heterocycles. The Bertz CT molecular complexity index is 572. The average Bonchev–Trinajstić information content (AvgIpc) is 2.72. The van der Waals surface area contributed by atoms with Gasteiger partial charge in [-0.15, -0.1) is 0 Å². The summed E-state index contributed by atoms with van der Waals surface area (Å²) in [7, 11) is 0. The summed E-state index contributed by atoms with van der Waals surface area (Å²) in [6.45, 7) is 0.307. The summed E-state index contributed by atoms with van der Waals surface area (Å²) in [6.07, 6.45) is 2.67. The molecule has 1 aromatic rings. The molecule has 0 spiro atoms. The minimum atomic E-state index is -1.07. The van der Waals surface area contributed by atoms with Crippen LogP contribution < -0.4 is 0 Å². The molecule has 7 nitrogen and oxygen atoms in total. The van der Waals surface area contributed by atoms with Crippen LogP contribution in [0.2, 0.25) is 0 Å². The second-order valence-corrected chi connectivity index (χ2v) is 4.98. The van der Waals surface area contributed by atoms with Crippen molar-refractivity contribution in [3.63, 3.8) is 0 Å². The molecule has 0 radical (unpaired) electrons. The van der Waals surface area contributed by atoms with Crippen molar-refractivity contribution in [3.8, 4) is 0 Å².